The van der Waals surface area contributed by atoms with Crippen molar-refractivity contribution in [2.75, 3.05) is 0 Å². The number of benzene rings is 1. The number of aromatic nitrogens is 3. The molecule has 5 heteroatoms. The topological polar surface area (TPSA) is 68.0 Å². The van der Waals surface area contributed by atoms with Crippen LogP contribution >= 0.6 is 0 Å². The molecule has 0 unspecified atom stereocenters. The summed E-state index contributed by atoms with van der Waals surface area (Å²) in [6, 6.07) is 8.25. The van der Waals surface area contributed by atoms with Gasteiger partial charge in [0, 0.05) is 6.42 Å². The second-order valence-corrected chi connectivity index (χ2v) is 4.66. The highest BCUT2D eigenvalue weighted by molar-refractivity contribution is 5.67. The Kier molecular flexibility index (Phi) is 3.94. The standard InChI is InChI=1S/C14H17N3O2/c1-10-3-5-12(6-4-10)9-17-11(2)13(15-16-17)7-8-14(18)19/h3-6H,7-9H2,1-2H3,(H,18,19). The van der Waals surface area contributed by atoms with Gasteiger partial charge in [0.25, 0.3) is 0 Å². The van der Waals surface area contributed by atoms with Gasteiger partial charge in [-0.25, -0.2) is 4.68 Å². The fraction of sp³-hybridized carbons (Fsp3) is 0.357. The van der Waals surface area contributed by atoms with Crippen LogP contribution in [0.2, 0.25) is 0 Å². The van der Waals surface area contributed by atoms with Crippen molar-refractivity contribution in [3.05, 3.63) is 46.8 Å². The van der Waals surface area contributed by atoms with Crippen LogP contribution in [0, 0.1) is 13.8 Å². The fourth-order valence-electron chi connectivity index (χ4n) is 1.87. The van der Waals surface area contributed by atoms with Gasteiger partial charge in [-0.2, -0.15) is 0 Å². The molecular formula is C14H17N3O2. The Hall–Kier alpha value is -2.17. The van der Waals surface area contributed by atoms with E-state index in [1.54, 1.807) is 0 Å². The number of nitrogens with zero attached hydrogens (tertiary/aromatic N) is 3. The van der Waals surface area contributed by atoms with Gasteiger partial charge in [-0.1, -0.05) is 35.0 Å². The number of carbonyl (C=O) groups is 1. The average Bonchev–Trinajstić information content (AvgIpc) is 2.71. The van der Waals surface area contributed by atoms with Gasteiger partial charge in [-0.3, -0.25) is 4.79 Å². The Morgan fingerprint density at radius 1 is 1.26 bits per heavy atom. The molecule has 0 fully saturated rings. The maximum Gasteiger partial charge on any atom is 0.303 e. The van der Waals surface area contributed by atoms with Crippen LogP contribution in [0.3, 0.4) is 0 Å². The molecule has 0 saturated heterocycles. The second kappa shape index (κ2) is 5.65. The lowest BCUT2D eigenvalue weighted by molar-refractivity contribution is -0.136. The Morgan fingerprint density at radius 2 is 1.95 bits per heavy atom. The van der Waals surface area contributed by atoms with E-state index in [-0.39, 0.29) is 6.42 Å². The summed E-state index contributed by atoms with van der Waals surface area (Å²) >= 11 is 0. The zero-order valence-electron chi connectivity index (χ0n) is 11.1. The van der Waals surface area contributed by atoms with Gasteiger partial charge in [-0.15, -0.1) is 5.10 Å². The van der Waals surface area contributed by atoms with Crippen molar-refractivity contribution < 1.29 is 9.90 Å². The second-order valence-electron chi connectivity index (χ2n) is 4.66. The molecular weight excluding hydrogens is 242 g/mol. The summed E-state index contributed by atoms with van der Waals surface area (Å²) in [4.78, 5) is 10.6. The third-order valence-electron chi connectivity index (χ3n) is 3.11. The summed E-state index contributed by atoms with van der Waals surface area (Å²) in [7, 11) is 0. The van der Waals surface area contributed by atoms with Gasteiger partial charge >= 0.3 is 5.97 Å². The minimum absolute atomic E-state index is 0.0874. The molecule has 0 radical (unpaired) electrons. The van der Waals surface area contributed by atoms with Gasteiger partial charge in [0.1, 0.15) is 0 Å². The largest absolute Gasteiger partial charge is 0.481 e. The molecule has 0 aliphatic rings. The molecule has 5 nitrogen and oxygen atoms in total. The van der Waals surface area contributed by atoms with E-state index in [0.717, 1.165) is 17.0 Å². The third-order valence-corrected chi connectivity index (χ3v) is 3.11. The molecule has 0 saturated carbocycles. The van der Waals surface area contributed by atoms with Crippen molar-refractivity contribution in [2.45, 2.75) is 33.2 Å². The van der Waals surface area contributed by atoms with E-state index in [0.29, 0.717) is 13.0 Å². The molecule has 100 valence electrons. The van der Waals surface area contributed by atoms with Gasteiger partial charge in [0.15, 0.2) is 0 Å². The summed E-state index contributed by atoms with van der Waals surface area (Å²) in [6.45, 7) is 4.63. The normalized spacial score (nSPS) is 10.6. The Labute approximate surface area is 111 Å². The summed E-state index contributed by atoms with van der Waals surface area (Å²) in [5, 5.41) is 16.8. The number of aliphatic carboxylic acids is 1. The van der Waals surface area contributed by atoms with Crippen LogP contribution in [0.5, 0.6) is 0 Å². The van der Waals surface area contributed by atoms with Crippen LogP contribution in [0.15, 0.2) is 24.3 Å². The van der Waals surface area contributed by atoms with Crippen molar-refractivity contribution in [2.24, 2.45) is 0 Å². The van der Waals surface area contributed by atoms with E-state index < -0.39 is 5.97 Å². The Balaban J connectivity index is 2.09. The molecule has 2 rings (SSSR count). The predicted octanol–water partition coefficient (Wildman–Crippen LogP) is 1.96. The molecule has 0 bridgehead atoms. The van der Waals surface area contributed by atoms with E-state index in [1.165, 1.54) is 5.56 Å². The van der Waals surface area contributed by atoms with Gasteiger partial charge in [-0.05, 0) is 19.4 Å². The predicted molar refractivity (Wildman–Crippen MR) is 71.0 cm³/mol. The summed E-state index contributed by atoms with van der Waals surface area (Å²) < 4.78 is 1.81. The van der Waals surface area contributed by atoms with Crippen molar-refractivity contribution in [1.82, 2.24) is 15.0 Å². The molecule has 0 amide bonds. The number of rotatable bonds is 5. The maximum absolute atomic E-state index is 10.6. The minimum Gasteiger partial charge on any atom is -0.481 e. The van der Waals surface area contributed by atoms with Crippen LogP contribution in [-0.2, 0) is 17.8 Å². The van der Waals surface area contributed by atoms with Crippen LogP contribution in [0.1, 0.15) is 28.9 Å². The zero-order chi connectivity index (χ0) is 13.8. The highest BCUT2D eigenvalue weighted by atomic mass is 16.4. The molecule has 1 aromatic heterocycles. The lowest BCUT2D eigenvalue weighted by Crippen LogP contribution is -2.05. The van der Waals surface area contributed by atoms with Crippen LogP contribution in [0.25, 0.3) is 0 Å². The lowest BCUT2D eigenvalue weighted by Gasteiger charge is -2.04. The van der Waals surface area contributed by atoms with Crippen LogP contribution in [-0.4, -0.2) is 26.1 Å². The van der Waals surface area contributed by atoms with E-state index >= 15 is 0 Å². The quantitative estimate of drug-likeness (QED) is 0.891. The Bertz CT molecular complexity index is 573. The lowest BCUT2D eigenvalue weighted by atomic mass is 10.1. The van der Waals surface area contributed by atoms with Crippen LogP contribution < -0.4 is 0 Å². The smallest absolute Gasteiger partial charge is 0.303 e. The van der Waals surface area contributed by atoms with Crippen molar-refractivity contribution in [3.63, 3.8) is 0 Å². The maximum atomic E-state index is 10.6. The van der Waals surface area contributed by atoms with Crippen LogP contribution in [0.4, 0.5) is 0 Å². The van der Waals surface area contributed by atoms with E-state index in [9.17, 15) is 4.79 Å². The first-order chi connectivity index (χ1) is 9.06. The number of aryl methyl sites for hydroxylation is 2. The molecule has 1 heterocycles. The summed E-state index contributed by atoms with van der Waals surface area (Å²) in [5.74, 6) is -0.813. The minimum atomic E-state index is -0.813. The Morgan fingerprint density at radius 3 is 2.58 bits per heavy atom. The SMILES string of the molecule is Cc1ccc(Cn2nnc(CCC(=O)O)c2C)cc1. The monoisotopic (exact) mass is 259 g/mol. The fourth-order valence-corrected chi connectivity index (χ4v) is 1.87. The number of carboxylic acids is 1. The molecule has 0 aliphatic carbocycles. The first-order valence-corrected chi connectivity index (χ1v) is 6.22. The third kappa shape index (κ3) is 3.40. The molecule has 0 spiro atoms. The van der Waals surface area contributed by atoms with Crippen molar-refractivity contribution >= 4 is 5.97 Å². The van der Waals surface area contributed by atoms with Gasteiger partial charge in [0.2, 0.25) is 0 Å². The highest BCUT2D eigenvalue weighted by Gasteiger charge is 2.10. The molecule has 19 heavy (non-hydrogen) atoms. The number of hydrogen-bond acceptors (Lipinski definition) is 3. The molecule has 1 aromatic carbocycles. The number of carboxylic acid groups (broad SMARTS) is 1. The zero-order valence-corrected chi connectivity index (χ0v) is 11.1. The summed E-state index contributed by atoms with van der Waals surface area (Å²) in [5.41, 5.74) is 4.07. The molecule has 0 atom stereocenters. The van der Waals surface area contributed by atoms with Gasteiger partial charge in [0.05, 0.1) is 24.4 Å². The first kappa shape index (κ1) is 13.3. The molecule has 2 aromatic rings. The number of hydrogen-bond donors (Lipinski definition) is 1. The van der Waals surface area contributed by atoms with E-state index in [4.69, 9.17) is 5.11 Å². The van der Waals surface area contributed by atoms with Crippen molar-refractivity contribution in [1.29, 1.82) is 0 Å². The van der Waals surface area contributed by atoms with E-state index in [1.807, 2.05) is 11.6 Å². The first-order valence-electron chi connectivity index (χ1n) is 6.22. The average molecular weight is 259 g/mol. The van der Waals surface area contributed by atoms with E-state index in [2.05, 4.69) is 41.5 Å². The van der Waals surface area contributed by atoms with Gasteiger partial charge < -0.3 is 5.11 Å². The molecule has 1 N–H and O–H groups in total. The van der Waals surface area contributed by atoms with Crippen molar-refractivity contribution in [3.8, 4) is 0 Å². The highest BCUT2D eigenvalue weighted by Crippen LogP contribution is 2.10. The summed E-state index contributed by atoms with van der Waals surface area (Å²) in [6.07, 6.45) is 0.513. The molecule has 0 aliphatic heterocycles.